The number of halogens is 2. The molecule has 104 valence electrons. The van der Waals surface area contributed by atoms with Crippen LogP contribution in [0.4, 0.5) is 8.78 Å². The van der Waals surface area contributed by atoms with Crippen LogP contribution in [0.15, 0.2) is 36.7 Å². The van der Waals surface area contributed by atoms with Gasteiger partial charge in [0.2, 0.25) is 0 Å². The van der Waals surface area contributed by atoms with Gasteiger partial charge in [0.15, 0.2) is 0 Å². The molecule has 1 fully saturated rings. The van der Waals surface area contributed by atoms with Gasteiger partial charge in [-0.15, -0.1) is 0 Å². The van der Waals surface area contributed by atoms with Crippen molar-refractivity contribution >= 4 is 0 Å². The SMILES string of the molecule is F/C=C/CC1CCC(CCc2ccc(F)cc2)CC1. The molecule has 0 heterocycles. The summed E-state index contributed by atoms with van der Waals surface area (Å²) >= 11 is 0. The monoisotopic (exact) mass is 264 g/mol. The second kappa shape index (κ2) is 7.42. The van der Waals surface area contributed by atoms with Crippen LogP contribution < -0.4 is 0 Å². The van der Waals surface area contributed by atoms with E-state index in [1.54, 1.807) is 6.08 Å². The summed E-state index contributed by atoms with van der Waals surface area (Å²) in [4.78, 5) is 0. The Kier molecular flexibility index (Phi) is 5.56. The van der Waals surface area contributed by atoms with E-state index in [4.69, 9.17) is 0 Å². The first-order chi connectivity index (χ1) is 9.28. The summed E-state index contributed by atoms with van der Waals surface area (Å²) in [6.07, 6.45) is 10.4. The van der Waals surface area contributed by atoms with E-state index in [0.717, 1.165) is 18.8 Å². The van der Waals surface area contributed by atoms with E-state index >= 15 is 0 Å². The fourth-order valence-corrected chi connectivity index (χ4v) is 3.02. The third-order valence-corrected chi connectivity index (χ3v) is 4.28. The summed E-state index contributed by atoms with van der Waals surface area (Å²) in [5.41, 5.74) is 1.23. The Morgan fingerprint density at radius 1 is 1.00 bits per heavy atom. The molecule has 2 heteroatoms. The maximum atomic E-state index is 12.8. The first-order valence-corrected chi connectivity index (χ1v) is 7.27. The van der Waals surface area contributed by atoms with E-state index in [1.165, 1.54) is 49.8 Å². The van der Waals surface area contributed by atoms with E-state index in [-0.39, 0.29) is 5.82 Å². The molecule has 0 radical (unpaired) electrons. The Bertz CT molecular complexity index is 386. The van der Waals surface area contributed by atoms with Gasteiger partial charge in [-0.05, 0) is 61.6 Å². The van der Waals surface area contributed by atoms with E-state index in [0.29, 0.717) is 12.2 Å². The Morgan fingerprint density at radius 2 is 1.63 bits per heavy atom. The number of benzene rings is 1. The molecule has 1 aromatic carbocycles. The molecule has 0 aromatic heterocycles. The normalized spacial score (nSPS) is 23.9. The maximum absolute atomic E-state index is 12.8. The van der Waals surface area contributed by atoms with Crippen molar-refractivity contribution in [2.24, 2.45) is 11.8 Å². The highest BCUT2D eigenvalue weighted by molar-refractivity contribution is 5.16. The van der Waals surface area contributed by atoms with Crippen LogP contribution in [0.1, 0.15) is 44.1 Å². The fourth-order valence-electron chi connectivity index (χ4n) is 3.02. The summed E-state index contributed by atoms with van der Waals surface area (Å²) in [6.45, 7) is 0. The third kappa shape index (κ3) is 4.77. The van der Waals surface area contributed by atoms with Crippen LogP contribution in [0.3, 0.4) is 0 Å². The lowest BCUT2D eigenvalue weighted by atomic mass is 9.78. The van der Waals surface area contributed by atoms with Crippen LogP contribution in [-0.2, 0) is 6.42 Å². The topological polar surface area (TPSA) is 0 Å². The van der Waals surface area contributed by atoms with E-state index in [2.05, 4.69) is 0 Å². The maximum Gasteiger partial charge on any atom is 0.123 e. The van der Waals surface area contributed by atoms with Crippen LogP contribution in [0.5, 0.6) is 0 Å². The average molecular weight is 264 g/mol. The molecule has 2 rings (SSSR count). The zero-order valence-corrected chi connectivity index (χ0v) is 11.3. The van der Waals surface area contributed by atoms with Crippen molar-refractivity contribution in [2.75, 3.05) is 0 Å². The van der Waals surface area contributed by atoms with Crippen LogP contribution >= 0.6 is 0 Å². The lowest BCUT2D eigenvalue weighted by Gasteiger charge is -2.27. The molecule has 0 atom stereocenters. The Balaban J connectivity index is 1.69. The molecule has 1 saturated carbocycles. The molecule has 0 unspecified atom stereocenters. The zero-order chi connectivity index (χ0) is 13.5. The van der Waals surface area contributed by atoms with Crippen molar-refractivity contribution in [3.8, 4) is 0 Å². The quantitative estimate of drug-likeness (QED) is 0.664. The summed E-state index contributed by atoms with van der Waals surface area (Å²) in [6, 6.07) is 6.84. The summed E-state index contributed by atoms with van der Waals surface area (Å²) in [5.74, 6) is 1.30. The minimum absolute atomic E-state index is 0.162. The molecule has 19 heavy (non-hydrogen) atoms. The highest BCUT2D eigenvalue weighted by Gasteiger charge is 2.20. The van der Waals surface area contributed by atoms with E-state index < -0.39 is 0 Å². The van der Waals surface area contributed by atoms with Crippen molar-refractivity contribution in [1.82, 2.24) is 0 Å². The van der Waals surface area contributed by atoms with Crippen LogP contribution in [0.25, 0.3) is 0 Å². The standard InChI is InChI=1S/C17H22F2/c18-13-1-2-14-3-5-15(6-4-14)7-8-16-9-11-17(19)12-10-16/h1,9-15H,2-8H2/b13-1+. The molecule has 0 saturated heterocycles. The van der Waals surface area contributed by atoms with Crippen LogP contribution in [0.2, 0.25) is 0 Å². The van der Waals surface area contributed by atoms with Crippen molar-refractivity contribution in [3.63, 3.8) is 0 Å². The molecule has 1 aliphatic rings. The largest absolute Gasteiger partial charge is 0.216 e. The molecule has 0 nitrogen and oxygen atoms in total. The van der Waals surface area contributed by atoms with Gasteiger partial charge in [-0.3, -0.25) is 0 Å². The smallest absolute Gasteiger partial charge is 0.123 e. The van der Waals surface area contributed by atoms with E-state index in [1.807, 2.05) is 12.1 Å². The van der Waals surface area contributed by atoms with Gasteiger partial charge in [-0.2, -0.15) is 0 Å². The number of allylic oxidation sites excluding steroid dienone is 1. The average Bonchev–Trinajstić information content (AvgIpc) is 2.46. The molecular formula is C17H22F2. The third-order valence-electron chi connectivity index (χ3n) is 4.28. The second-order valence-corrected chi connectivity index (χ2v) is 5.65. The molecular weight excluding hydrogens is 242 g/mol. The van der Waals surface area contributed by atoms with Gasteiger partial charge in [0.05, 0.1) is 6.33 Å². The number of hydrogen-bond acceptors (Lipinski definition) is 0. The Labute approximate surface area is 114 Å². The molecule has 0 spiro atoms. The second-order valence-electron chi connectivity index (χ2n) is 5.65. The van der Waals surface area contributed by atoms with Gasteiger partial charge < -0.3 is 0 Å². The van der Waals surface area contributed by atoms with Gasteiger partial charge in [-0.1, -0.05) is 31.1 Å². The van der Waals surface area contributed by atoms with Gasteiger partial charge in [0.1, 0.15) is 5.82 Å². The molecule has 0 aliphatic heterocycles. The van der Waals surface area contributed by atoms with E-state index in [9.17, 15) is 8.78 Å². The van der Waals surface area contributed by atoms with Crippen molar-refractivity contribution < 1.29 is 8.78 Å². The molecule has 1 aliphatic carbocycles. The van der Waals surface area contributed by atoms with Crippen LogP contribution in [0, 0.1) is 17.7 Å². The highest BCUT2D eigenvalue weighted by atomic mass is 19.1. The van der Waals surface area contributed by atoms with Gasteiger partial charge in [0, 0.05) is 0 Å². The lowest BCUT2D eigenvalue weighted by molar-refractivity contribution is 0.264. The molecule has 0 amide bonds. The Hall–Kier alpha value is -1.18. The predicted octanol–water partition coefficient (Wildman–Crippen LogP) is 5.44. The number of rotatable bonds is 5. The number of hydrogen-bond donors (Lipinski definition) is 0. The molecule has 0 bridgehead atoms. The Morgan fingerprint density at radius 3 is 2.26 bits per heavy atom. The minimum atomic E-state index is -0.162. The number of aryl methyl sites for hydroxylation is 1. The predicted molar refractivity (Wildman–Crippen MR) is 75.0 cm³/mol. The van der Waals surface area contributed by atoms with Crippen molar-refractivity contribution in [3.05, 3.63) is 48.1 Å². The lowest BCUT2D eigenvalue weighted by Crippen LogP contribution is -2.14. The summed E-state index contributed by atoms with van der Waals surface area (Å²) in [7, 11) is 0. The van der Waals surface area contributed by atoms with Crippen LogP contribution in [-0.4, -0.2) is 0 Å². The fraction of sp³-hybridized carbons (Fsp3) is 0.529. The summed E-state index contributed by atoms with van der Waals surface area (Å²) < 4.78 is 24.7. The highest BCUT2D eigenvalue weighted by Crippen LogP contribution is 2.33. The van der Waals surface area contributed by atoms with Gasteiger partial charge in [0.25, 0.3) is 0 Å². The molecule has 1 aromatic rings. The zero-order valence-electron chi connectivity index (χ0n) is 11.3. The van der Waals surface area contributed by atoms with Gasteiger partial charge in [-0.25, -0.2) is 8.78 Å². The summed E-state index contributed by atoms with van der Waals surface area (Å²) in [5, 5.41) is 0. The first-order valence-electron chi connectivity index (χ1n) is 7.27. The van der Waals surface area contributed by atoms with Gasteiger partial charge >= 0.3 is 0 Å². The van der Waals surface area contributed by atoms with Crippen molar-refractivity contribution in [2.45, 2.75) is 44.9 Å². The van der Waals surface area contributed by atoms with Crippen molar-refractivity contribution in [1.29, 1.82) is 0 Å². The minimum Gasteiger partial charge on any atom is -0.216 e. The first kappa shape index (κ1) is 14.2. The molecule has 0 N–H and O–H groups in total.